The van der Waals surface area contributed by atoms with E-state index in [0.29, 0.717) is 30.6 Å². The molecule has 3 rings (SSSR count). The Labute approximate surface area is 106 Å². The predicted molar refractivity (Wildman–Crippen MR) is 67.8 cm³/mol. The maximum atomic E-state index is 14.1. The summed E-state index contributed by atoms with van der Waals surface area (Å²) in [6, 6.07) is 3.24. The van der Waals surface area contributed by atoms with Crippen molar-refractivity contribution in [2.45, 2.75) is 25.8 Å². The molecule has 2 aliphatic rings. The summed E-state index contributed by atoms with van der Waals surface area (Å²) < 4.78 is 27.9. The first-order valence-corrected chi connectivity index (χ1v) is 6.60. The second-order valence-electron chi connectivity index (χ2n) is 5.37. The fourth-order valence-electron chi connectivity index (χ4n) is 2.73. The minimum absolute atomic E-state index is 0.155. The average molecular weight is 252 g/mol. The van der Waals surface area contributed by atoms with Gasteiger partial charge in [0.15, 0.2) is 5.82 Å². The molecule has 98 valence electrons. The van der Waals surface area contributed by atoms with Gasteiger partial charge in [-0.15, -0.1) is 0 Å². The third kappa shape index (κ3) is 2.09. The maximum absolute atomic E-state index is 14.1. The first kappa shape index (κ1) is 11.9. The van der Waals surface area contributed by atoms with E-state index < -0.39 is 11.6 Å². The van der Waals surface area contributed by atoms with Gasteiger partial charge in [-0.25, -0.2) is 8.78 Å². The first-order valence-electron chi connectivity index (χ1n) is 6.60. The number of aryl methyl sites for hydroxylation is 1. The Morgan fingerprint density at radius 3 is 2.78 bits per heavy atom. The van der Waals surface area contributed by atoms with Crippen LogP contribution in [0.25, 0.3) is 0 Å². The normalized spacial score (nSPS) is 24.4. The molecule has 0 spiro atoms. The monoisotopic (exact) mass is 252 g/mol. The molecule has 0 amide bonds. The van der Waals surface area contributed by atoms with Gasteiger partial charge in [-0.2, -0.15) is 0 Å². The summed E-state index contributed by atoms with van der Waals surface area (Å²) in [7, 11) is 0. The smallest absolute Gasteiger partial charge is 0.152 e. The van der Waals surface area contributed by atoms with Crippen LogP contribution in [-0.4, -0.2) is 25.7 Å². The molecular formula is C14H18F2N2. The third-order valence-corrected chi connectivity index (χ3v) is 3.97. The number of nitrogens with zero attached hydrogens (tertiary/aromatic N) is 1. The van der Waals surface area contributed by atoms with E-state index in [9.17, 15) is 8.78 Å². The Balaban J connectivity index is 1.87. The van der Waals surface area contributed by atoms with E-state index in [1.807, 2.05) is 4.90 Å². The molecule has 0 bridgehead atoms. The van der Waals surface area contributed by atoms with E-state index in [-0.39, 0.29) is 5.69 Å². The molecule has 18 heavy (non-hydrogen) atoms. The summed E-state index contributed by atoms with van der Waals surface area (Å²) in [6.45, 7) is 3.86. The molecule has 1 saturated carbocycles. The van der Waals surface area contributed by atoms with Crippen LogP contribution in [0.15, 0.2) is 12.1 Å². The Bertz CT molecular complexity index is 457. The van der Waals surface area contributed by atoms with Gasteiger partial charge in [0.25, 0.3) is 0 Å². The quantitative estimate of drug-likeness (QED) is 0.870. The van der Waals surface area contributed by atoms with E-state index in [0.717, 1.165) is 6.54 Å². The van der Waals surface area contributed by atoms with Crippen LogP contribution in [0.3, 0.4) is 0 Å². The molecule has 1 aliphatic carbocycles. The third-order valence-electron chi connectivity index (χ3n) is 3.97. The highest BCUT2D eigenvalue weighted by atomic mass is 19.1. The van der Waals surface area contributed by atoms with Crippen molar-refractivity contribution in [3.8, 4) is 0 Å². The summed E-state index contributed by atoms with van der Waals surface area (Å²) in [5.41, 5.74) is 0.662. The molecule has 0 aromatic heterocycles. The number of anilines is 1. The van der Waals surface area contributed by atoms with Gasteiger partial charge in [0, 0.05) is 25.7 Å². The standard InChI is InChI=1S/C14H18F2N2/c1-9-2-5-11(15)14(13(9)16)18-7-6-17-12(8-18)10-3-4-10/h2,5,10,12,17H,3-4,6-8H2,1H3. The van der Waals surface area contributed by atoms with Gasteiger partial charge < -0.3 is 10.2 Å². The van der Waals surface area contributed by atoms with E-state index in [1.54, 1.807) is 6.92 Å². The van der Waals surface area contributed by atoms with Crippen molar-refractivity contribution in [2.75, 3.05) is 24.5 Å². The first-order chi connectivity index (χ1) is 8.66. The van der Waals surface area contributed by atoms with Crippen molar-refractivity contribution < 1.29 is 8.78 Å². The van der Waals surface area contributed by atoms with Crippen molar-refractivity contribution in [1.29, 1.82) is 0 Å². The largest absolute Gasteiger partial charge is 0.364 e. The van der Waals surface area contributed by atoms with Crippen molar-refractivity contribution >= 4 is 5.69 Å². The highest BCUT2D eigenvalue weighted by molar-refractivity contribution is 5.52. The molecule has 4 heteroatoms. The molecule has 1 aliphatic heterocycles. The predicted octanol–water partition coefficient (Wildman–Crippen LogP) is 2.46. The molecule has 1 aromatic rings. The van der Waals surface area contributed by atoms with Crippen LogP contribution in [0.4, 0.5) is 14.5 Å². The molecular weight excluding hydrogens is 234 g/mol. The van der Waals surface area contributed by atoms with Crippen LogP contribution in [0.1, 0.15) is 18.4 Å². The van der Waals surface area contributed by atoms with Crippen LogP contribution in [0.2, 0.25) is 0 Å². The molecule has 1 atom stereocenters. The lowest BCUT2D eigenvalue weighted by Crippen LogP contribution is -2.52. The van der Waals surface area contributed by atoms with Crippen molar-refractivity contribution in [3.05, 3.63) is 29.3 Å². The van der Waals surface area contributed by atoms with Crippen LogP contribution >= 0.6 is 0 Å². The molecule has 1 unspecified atom stereocenters. The molecule has 0 radical (unpaired) electrons. The molecule has 1 heterocycles. The Hall–Kier alpha value is -1.16. The highest BCUT2D eigenvalue weighted by Gasteiger charge is 2.35. The molecule has 1 N–H and O–H groups in total. The fourth-order valence-corrected chi connectivity index (χ4v) is 2.73. The van der Waals surface area contributed by atoms with E-state index in [2.05, 4.69) is 5.32 Å². The van der Waals surface area contributed by atoms with Gasteiger partial charge in [-0.3, -0.25) is 0 Å². The number of benzene rings is 1. The summed E-state index contributed by atoms with van der Waals surface area (Å²) >= 11 is 0. The minimum atomic E-state index is -0.449. The molecule has 1 saturated heterocycles. The van der Waals surface area contributed by atoms with Gasteiger partial charge in [0.2, 0.25) is 0 Å². The Morgan fingerprint density at radius 1 is 1.28 bits per heavy atom. The highest BCUT2D eigenvalue weighted by Crippen LogP contribution is 2.35. The number of nitrogens with one attached hydrogen (secondary N) is 1. The SMILES string of the molecule is Cc1ccc(F)c(N2CCNC(C3CC3)C2)c1F. The molecule has 1 aromatic carbocycles. The van der Waals surface area contributed by atoms with Crippen LogP contribution in [0.5, 0.6) is 0 Å². The number of piperazine rings is 1. The van der Waals surface area contributed by atoms with Crippen LogP contribution in [-0.2, 0) is 0 Å². The van der Waals surface area contributed by atoms with E-state index in [1.165, 1.54) is 25.0 Å². The Kier molecular flexibility index (Phi) is 2.98. The van der Waals surface area contributed by atoms with E-state index >= 15 is 0 Å². The van der Waals surface area contributed by atoms with Gasteiger partial charge >= 0.3 is 0 Å². The lowest BCUT2D eigenvalue weighted by molar-refractivity contribution is 0.411. The van der Waals surface area contributed by atoms with Gasteiger partial charge in [0.05, 0.1) is 0 Å². The van der Waals surface area contributed by atoms with Crippen molar-refractivity contribution in [1.82, 2.24) is 5.32 Å². The molecule has 2 nitrogen and oxygen atoms in total. The zero-order valence-corrected chi connectivity index (χ0v) is 10.5. The average Bonchev–Trinajstić information content (AvgIpc) is 3.19. The second-order valence-corrected chi connectivity index (χ2v) is 5.37. The lowest BCUT2D eigenvalue weighted by Gasteiger charge is -2.36. The summed E-state index contributed by atoms with van der Waals surface area (Å²) in [4.78, 5) is 1.86. The second kappa shape index (κ2) is 4.50. The zero-order valence-electron chi connectivity index (χ0n) is 10.5. The zero-order chi connectivity index (χ0) is 12.7. The van der Waals surface area contributed by atoms with Crippen molar-refractivity contribution in [3.63, 3.8) is 0 Å². The topological polar surface area (TPSA) is 15.3 Å². The lowest BCUT2D eigenvalue weighted by atomic mass is 10.1. The van der Waals surface area contributed by atoms with Crippen molar-refractivity contribution in [2.24, 2.45) is 5.92 Å². The minimum Gasteiger partial charge on any atom is -0.364 e. The number of hydrogen-bond donors (Lipinski definition) is 1. The van der Waals surface area contributed by atoms with Gasteiger partial charge in [-0.1, -0.05) is 6.07 Å². The fraction of sp³-hybridized carbons (Fsp3) is 0.571. The van der Waals surface area contributed by atoms with Gasteiger partial charge in [-0.05, 0) is 37.3 Å². The van der Waals surface area contributed by atoms with Crippen LogP contribution in [0, 0.1) is 24.5 Å². The molecule has 2 fully saturated rings. The summed E-state index contributed by atoms with van der Waals surface area (Å²) in [5.74, 6) is -0.162. The van der Waals surface area contributed by atoms with Gasteiger partial charge in [0.1, 0.15) is 11.5 Å². The number of rotatable bonds is 2. The summed E-state index contributed by atoms with van der Waals surface area (Å²) in [6.07, 6.45) is 2.48. The van der Waals surface area contributed by atoms with Crippen LogP contribution < -0.4 is 10.2 Å². The number of hydrogen-bond acceptors (Lipinski definition) is 2. The summed E-state index contributed by atoms with van der Waals surface area (Å²) in [5, 5.41) is 3.45. The maximum Gasteiger partial charge on any atom is 0.152 e. The Morgan fingerprint density at radius 2 is 2.06 bits per heavy atom. The number of halogens is 2. The van der Waals surface area contributed by atoms with E-state index in [4.69, 9.17) is 0 Å².